The highest BCUT2D eigenvalue weighted by molar-refractivity contribution is 6.01. The maximum Gasteiger partial charge on any atom is 0.178 e. The Morgan fingerprint density at radius 2 is 2.00 bits per heavy atom. The number of hydrogen-bond donors (Lipinski definition) is 0. The SMILES string of the molecule is COCO[C@H]1CC[C@H]2[C@@H]3CCC4=CC(=O)C=C[C@]4(C)[C@H]3CC[C@]12C. The van der Waals surface area contributed by atoms with Crippen LogP contribution in [-0.2, 0) is 14.3 Å². The minimum Gasteiger partial charge on any atom is -0.359 e. The Labute approximate surface area is 145 Å². The van der Waals surface area contributed by atoms with Crippen molar-refractivity contribution in [3.63, 3.8) is 0 Å². The molecule has 0 bridgehead atoms. The fourth-order valence-electron chi connectivity index (χ4n) is 6.57. The maximum absolute atomic E-state index is 11.8. The zero-order chi connectivity index (χ0) is 16.9. The molecule has 3 heteroatoms. The van der Waals surface area contributed by atoms with Crippen molar-refractivity contribution in [2.75, 3.05) is 13.9 Å². The third-order valence-electron chi connectivity index (χ3n) is 7.86. The van der Waals surface area contributed by atoms with Crippen molar-refractivity contribution in [1.82, 2.24) is 0 Å². The van der Waals surface area contributed by atoms with E-state index in [1.165, 1.54) is 37.7 Å². The highest BCUT2D eigenvalue weighted by Crippen LogP contribution is 2.64. The van der Waals surface area contributed by atoms with Gasteiger partial charge < -0.3 is 9.47 Å². The van der Waals surface area contributed by atoms with Gasteiger partial charge >= 0.3 is 0 Å². The Balaban J connectivity index is 1.60. The van der Waals surface area contributed by atoms with Crippen LogP contribution in [0.25, 0.3) is 0 Å². The molecule has 0 aromatic rings. The lowest BCUT2D eigenvalue weighted by molar-refractivity contribution is -0.134. The molecule has 4 aliphatic rings. The monoisotopic (exact) mass is 330 g/mol. The molecule has 0 aromatic heterocycles. The smallest absolute Gasteiger partial charge is 0.178 e. The van der Waals surface area contributed by atoms with Gasteiger partial charge in [-0.15, -0.1) is 0 Å². The van der Waals surface area contributed by atoms with Gasteiger partial charge in [0, 0.05) is 12.5 Å². The highest BCUT2D eigenvalue weighted by atomic mass is 16.7. The van der Waals surface area contributed by atoms with Crippen molar-refractivity contribution in [2.45, 2.75) is 58.5 Å². The molecule has 4 aliphatic carbocycles. The average Bonchev–Trinajstić information content (AvgIpc) is 2.90. The fourth-order valence-corrected chi connectivity index (χ4v) is 6.57. The van der Waals surface area contributed by atoms with Crippen LogP contribution in [0, 0.1) is 28.6 Å². The second-order valence-corrected chi connectivity index (χ2v) is 8.79. The Bertz CT molecular complexity index is 592. The number of carbonyl (C=O) groups is 1. The van der Waals surface area contributed by atoms with Crippen molar-refractivity contribution >= 4 is 5.78 Å². The summed E-state index contributed by atoms with van der Waals surface area (Å²) in [6, 6.07) is 0. The summed E-state index contributed by atoms with van der Waals surface area (Å²) in [6.45, 7) is 5.24. The lowest BCUT2D eigenvalue weighted by atomic mass is 9.48. The highest BCUT2D eigenvalue weighted by Gasteiger charge is 2.58. The summed E-state index contributed by atoms with van der Waals surface area (Å²) < 4.78 is 11.2. The van der Waals surface area contributed by atoms with Gasteiger partial charge in [-0.05, 0) is 73.8 Å². The Hall–Kier alpha value is -0.930. The van der Waals surface area contributed by atoms with E-state index in [0.717, 1.165) is 18.3 Å². The van der Waals surface area contributed by atoms with Crippen molar-refractivity contribution in [3.8, 4) is 0 Å². The van der Waals surface area contributed by atoms with Gasteiger partial charge in [-0.3, -0.25) is 4.79 Å². The molecule has 0 saturated heterocycles. The number of ketones is 1. The first kappa shape index (κ1) is 16.5. The zero-order valence-electron chi connectivity index (χ0n) is 15.2. The average molecular weight is 330 g/mol. The first-order chi connectivity index (χ1) is 11.5. The molecule has 3 saturated carbocycles. The van der Waals surface area contributed by atoms with Gasteiger partial charge in [-0.2, -0.15) is 0 Å². The van der Waals surface area contributed by atoms with Crippen LogP contribution in [0.1, 0.15) is 52.4 Å². The van der Waals surface area contributed by atoms with E-state index in [1.54, 1.807) is 13.2 Å². The minimum absolute atomic E-state index is 0.101. The Morgan fingerprint density at radius 1 is 1.17 bits per heavy atom. The molecule has 0 amide bonds. The number of allylic oxidation sites excluding steroid dienone is 4. The van der Waals surface area contributed by atoms with E-state index in [0.29, 0.717) is 24.2 Å². The molecule has 0 N–H and O–H groups in total. The van der Waals surface area contributed by atoms with Gasteiger partial charge in [0.05, 0.1) is 6.10 Å². The molecule has 24 heavy (non-hydrogen) atoms. The molecule has 0 unspecified atom stereocenters. The second kappa shape index (κ2) is 5.81. The van der Waals surface area contributed by atoms with Crippen LogP contribution in [0.2, 0.25) is 0 Å². The van der Waals surface area contributed by atoms with Gasteiger partial charge in [0.2, 0.25) is 0 Å². The van der Waals surface area contributed by atoms with E-state index in [-0.39, 0.29) is 11.2 Å². The zero-order valence-corrected chi connectivity index (χ0v) is 15.2. The van der Waals surface area contributed by atoms with Gasteiger partial charge in [0.25, 0.3) is 0 Å². The first-order valence-corrected chi connectivity index (χ1v) is 9.54. The van der Waals surface area contributed by atoms with Crippen LogP contribution < -0.4 is 0 Å². The lowest BCUT2D eigenvalue weighted by Gasteiger charge is -2.56. The third kappa shape index (κ3) is 2.28. The Kier molecular flexibility index (Phi) is 4.00. The Morgan fingerprint density at radius 3 is 2.79 bits per heavy atom. The standard InChI is InChI=1S/C21H30O3/c1-20-10-8-15(22)12-14(20)4-5-16-17-6-7-19(24-13-23-3)21(17,2)11-9-18(16)20/h8,10,12,16-19H,4-7,9,11,13H2,1-3H3/t16-,17-,18-,19-,20-,21-/m0/s1. The molecule has 6 atom stereocenters. The summed E-state index contributed by atoms with van der Waals surface area (Å²) in [5.74, 6) is 2.37. The molecule has 3 fully saturated rings. The summed E-state index contributed by atoms with van der Waals surface area (Å²) in [4.78, 5) is 11.8. The number of ether oxygens (including phenoxy) is 2. The van der Waals surface area contributed by atoms with E-state index < -0.39 is 0 Å². The molecule has 0 radical (unpaired) electrons. The number of methoxy groups -OCH3 is 1. The number of fused-ring (bicyclic) bond motifs is 5. The van der Waals surface area contributed by atoms with Gasteiger partial charge in [0.15, 0.2) is 5.78 Å². The quantitative estimate of drug-likeness (QED) is 0.724. The second-order valence-electron chi connectivity index (χ2n) is 8.79. The normalized spacial score (nSPS) is 47.0. The van der Waals surface area contributed by atoms with E-state index in [2.05, 4.69) is 19.9 Å². The van der Waals surface area contributed by atoms with Crippen LogP contribution in [0.15, 0.2) is 23.8 Å². The number of carbonyl (C=O) groups excluding carboxylic acids is 1. The molecular formula is C21H30O3. The van der Waals surface area contributed by atoms with Gasteiger partial charge in [-0.25, -0.2) is 0 Å². The van der Waals surface area contributed by atoms with Crippen LogP contribution in [-0.4, -0.2) is 25.8 Å². The topological polar surface area (TPSA) is 35.5 Å². The summed E-state index contributed by atoms with van der Waals surface area (Å²) in [5, 5.41) is 0. The maximum atomic E-state index is 11.8. The van der Waals surface area contributed by atoms with Crippen molar-refractivity contribution in [2.24, 2.45) is 28.6 Å². The fraction of sp³-hybridized carbons (Fsp3) is 0.762. The van der Waals surface area contributed by atoms with Crippen LogP contribution in [0.3, 0.4) is 0 Å². The molecule has 0 spiro atoms. The van der Waals surface area contributed by atoms with E-state index >= 15 is 0 Å². The number of rotatable bonds is 3. The molecule has 0 heterocycles. The minimum atomic E-state index is 0.101. The molecule has 0 aliphatic heterocycles. The van der Waals surface area contributed by atoms with Gasteiger partial charge in [0.1, 0.15) is 6.79 Å². The van der Waals surface area contributed by atoms with Crippen LogP contribution >= 0.6 is 0 Å². The summed E-state index contributed by atoms with van der Waals surface area (Å²) >= 11 is 0. The first-order valence-electron chi connectivity index (χ1n) is 9.54. The van der Waals surface area contributed by atoms with Gasteiger partial charge in [-0.1, -0.05) is 25.5 Å². The van der Waals surface area contributed by atoms with Crippen molar-refractivity contribution < 1.29 is 14.3 Å². The van der Waals surface area contributed by atoms with Crippen LogP contribution in [0.5, 0.6) is 0 Å². The molecular weight excluding hydrogens is 300 g/mol. The summed E-state index contributed by atoms with van der Waals surface area (Å²) in [5.41, 5.74) is 1.78. The third-order valence-corrected chi connectivity index (χ3v) is 7.86. The largest absolute Gasteiger partial charge is 0.359 e. The summed E-state index contributed by atoms with van der Waals surface area (Å²) in [7, 11) is 1.71. The van der Waals surface area contributed by atoms with E-state index in [4.69, 9.17) is 9.47 Å². The molecule has 0 aromatic carbocycles. The lowest BCUT2D eigenvalue weighted by Crippen LogP contribution is -2.50. The predicted octanol–water partition coefficient (Wildman–Crippen LogP) is 4.28. The van der Waals surface area contributed by atoms with Crippen LogP contribution in [0.4, 0.5) is 0 Å². The van der Waals surface area contributed by atoms with Crippen molar-refractivity contribution in [1.29, 1.82) is 0 Å². The van der Waals surface area contributed by atoms with E-state index in [9.17, 15) is 4.79 Å². The predicted molar refractivity (Wildman–Crippen MR) is 93.4 cm³/mol. The van der Waals surface area contributed by atoms with E-state index in [1.807, 2.05) is 6.08 Å². The molecule has 132 valence electrons. The van der Waals surface area contributed by atoms with Crippen molar-refractivity contribution in [3.05, 3.63) is 23.8 Å². The summed E-state index contributed by atoms with van der Waals surface area (Å²) in [6.07, 6.45) is 13.5. The number of hydrogen-bond acceptors (Lipinski definition) is 3. The molecule has 3 nitrogen and oxygen atoms in total. The molecule has 4 rings (SSSR count).